The summed E-state index contributed by atoms with van der Waals surface area (Å²) >= 11 is 0. The molecule has 0 spiro atoms. The Labute approximate surface area is 342 Å². The van der Waals surface area contributed by atoms with E-state index in [2.05, 4.69) is 4.98 Å². The van der Waals surface area contributed by atoms with Gasteiger partial charge in [-0.05, 0) is 33.4 Å². The maximum absolute atomic E-state index is 13.7. The van der Waals surface area contributed by atoms with Crippen molar-refractivity contribution >= 4 is 10.1 Å². The molecule has 10 nitrogen and oxygen atoms in total. The minimum absolute atomic E-state index is 0.234. The van der Waals surface area contributed by atoms with Crippen LogP contribution in [-0.2, 0) is 39.7 Å². The van der Waals surface area contributed by atoms with Crippen LogP contribution in [0.5, 0.6) is 0 Å². The minimum Gasteiger partial charge on any atom is -0.358 e. The number of nitrogens with zero attached hydrogens (tertiary/aromatic N) is 1. The van der Waals surface area contributed by atoms with E-state index in [1.54, 1.807) is 0 Å². The Morgan fingerprint density at radius 3 is 1.29 bits per heavy atom. The van der Waals surface area contributed by atoms with Crippen LogP contribution in [0.3, 0.4) is 0 Å². The molecule has 1 aliphatic rings. The Hall–Kier alpha value is -6.21. The molecule has 1 N–H and O–H groups in total. The lowest BCUT2D eigenvalue weighted by Gasteiger charge is -2.40. The van der Waals surface area contributed by atoms with Crippen molar-refractivity contribution in [3.63, 3.8) is 0 Å². The highest BCUT2D eigenvalue weighted by atomic mass is 32.2. The molecule has 0 unspecified atom stereocenters. The van der Waals surface area contributed by atoms with E-state index in [1.165, 1.54) is 16.8 Å². The SMILES string of the molecule is CS(=O)(=O)O[C@H]1[C@H](OC(c2ccccc2)(c2ccccc2)c2ccccc2)[C@@H](n2ccc(=O)[nH]c2=O)O[C@H]1COC(c1ccccc1)(c1ccccc1)c1ccccc1. The lowest BCUT2D eigenvalue weighted by Crippen LogP contribution is -2.47. The molecule has 59 heavy (non-hydrogen) atoms. The van der Waals surface area contributed by atoms with Gasteiger partial charge in [0.25, 0.3) is 15.7 Å². The minimum atomic E-state index is -4.22. The number of rotatable bonds is 14. The van der Waals surface area contributed by atoms with Gasteiger partial charge in [0, 0.05) is 12.3 Å². The Morgan fingerprint density at radius 1 is 0.559 bits per heavy atom. The van der Waals surface area contributed by atoms with Gasteiger partial charge in [0.15, 0.2) is 6.23 Å². The first-order valence-electron chi connectivity index (χ1n) is 19.2. The van der Waals surface area contributed by atoms with Gasteiger partial charge >= 0.3 is 5.69 Å². The van der Waals surface area contributed by atoms with E-state index in [4.69, 9.17) is 18.4 Å². The summed E-state index contributed by atoms with van der Waals surface area (Å²) in [7, 11) is -4.22. The smallest absolute Gasteiger partial charge is 0.330 e. The van der Waals surface area contributed by atoms with Crippen LogP contribution >= 0.6 is 0 Å². The van der Waals surface area contributed by atoms with Gasteiger partial charge in [0.1, 0.15) is 29.5 Å². The number of aromatic amines is 1. The number of nitrogens with one attached hydrogen (secondary N) is 1. The van der Waals surface area contributed by atoms with Crippen LogP contribution in [0.15, 0.2) is 204 Å². The highest BCUT2D eigenvalue weighted by Crippen LogP contribution is 2.47. The highest BCUT2D eigenvalue weighted by molar-refractivity contribution is 7.86. The Bertz CT molecular complexity index is 2490. The first kappa shape index (κ1) is 39.6. The summed E-state index contributed by atoms with van der Waals surface area (Å²) in [5, 5.41) is 0. The third-order valence-electron chi connectivity index (χ3n) is 10.6. The largest absolute Gasteiger partial charge is 0.358 e. The zero-order valence-electron chi connectivity index (χ0n) is 32.1. The zero-order chi connectivity index (χ0) is 40.9. The number of hydrogen-bond acceptors (Lipinski definition) is 8. The third kappa shape index (κ3) is 7.99. The van der Waals surface area contributed by atoms with Crippen LogP contribution in [0.1, 0.15) is 39.6 Å². The third-order valence-corrected chi connectivity index (χ3v) is 11.1. The fraction of sp³-hybridized carbons (Fsp3) is 0.167. The number of ether oxygens (including phenoxy) is 3. The van der Waals surface area contributed by atoms with E-state index in [9.17, 15) is 18.0 Å². The second-order valence-electron chi connectivity index (χ2n) is 14.3. The van der Waals surface area contributed by atoms with Crippen molar-refractivity contribution in [1.29, 1.82) is 0 Å². The van der Waals surface area contributed by atoms with Crippen LogP contribution in [0.2, 0.25) is 0 Å². The van der Waals surface area contributed by atoms with Gasteiger partial charge in [-0.25, -0.2) is 4.79 Å². The Kier molecular flexibility index (Phi) is 11.4. The van der Waals surface area contributed by atoms with Gasteiger partial charge in [-0.2, -0.15) is 8.42 Å². The normalized spacial score (nSPS) is 18.4. The number of hydrogen-bond donors (Lipinski definition) is 1. The quantitative estimate of drug-likeness (QED) is 0.0907. The van der Waals surface area contributed by atoms with Crippen LogP contribution in [-0.4, -0.2) is 49.1 Å². The molecule has 1 aliphatic heterocycles. The number of aromatic nitrogens is 2. The topological polar surface area (TPSA) is 126 Å². The van der Waals surface area contributed by atoms with Gasteiger partial charge < -0.3 is 14.2 Å². The van der Waals surface area contributed by atoms with E-state index < -0.39 is 57.1 Å². The summed E-state index contributed by atoms with van der Waals surface area (Å²) < 4.78 is 55.4. The molecule has 0 aliphatic carbocycles. The Balaban J connectivity index is 1.33. The first-order valence-corrected chi connectivity index (χ1v) is 21.0. The monoisotopic (exact) mass is 806 g/mol. The molecular weight excluding hydrogens is 765 g/mol. The van der Waals surface area contributed by atoms with E-state index in [1.807, 2.05) is 182 Å². The molecule has 1 fully saturated rings. The van der Waals surface area contributed by atoms with Crippen LogP contribution in [0.4, 0.5) is 0 Å². The van der Waals surface area contributed by atoms with Gasteiger partial charge in [0.2, 0.25) is 0 Å². The summed E-state index contributed by atoms with van der Waals surface area (Å²) in [5.74, 6) is 0. The lowest BCUT2D eigenvalue weighted by atomic mass is 9.79. The fourth-order valence-electron chi connectivity index (χ4n) is 8.04. The summed E-state index contributed by atoms with van der Waals surface area (Å²) in [6.07, 6.45) is -2.92. The maximum Gasteiger partial charge on any atom is 0.330 e. The average molecular weight is 807 g/mol. The van der Waals surface area contributed by atoms with Crippen LogP contribution in [0.25, 0.3) is 0 Å². The van der Waals surface area contributed by atoms with Crippen molar-refractivity contribution in [3.8, 4) is 0 Å². The van der Waals surface area contributed by atoms with E-state index >= 15 is 0 Å². The van der Waals surface area contributed by atoms with Crippen molar-refractivity contribution in [2.24, 2.45) is 0 Å². The van der Waals surface area contributed by atoms with Crippen molar-refractivity contribution < 1.29 is 26.8 Å². The standard InChI is InChI=1S/C48H42N2O8S/c1-59(53,54)58-43-41(34-55-47(35-20-8-2-9-21-35,36-22-10-3-11-23-36)37-24-12-4-13-25-37)56-45(50-33-32-42(51)49-46(50)52)44(43)57-48(38-26-14-5-15-27-38,39-28-16-6-17-29-39)40-30-18-7-19-31-40/h2-33,41,43-45H,34H2,1H3,(H,49,51,52)/t41-,43+,44-,45-/m0/s1. The molecule has 7 aromatic rings. The second kappa shape index (κ2) is 16.9. The molecule has 11 heteroatoms. The van der Waals surface area contributed by atoms with Crippen molar-refractivity contribution in [2.75, 3.05) is 12.9 Å². The highest BCUT2D eigenvalue weighted by Gasteiger charge is 2.54. The molecule has 8 rings (SSSR count). The Morgan fingerprint density at radius 2 is 0.932 bits per heavy atom. The second-order valence-corrected chi connectivity index (χ2v) is 15.9. The van der Waals surface area contributed by atoms with E-state index in [0.29, 0.717) is 0 Å². The molecule has 0 amide bonds. The summed E-state index contributed by atoms with van der Waals surface area (Å²) in [5.41, 5.74) is 0.586. The average Bonchev–Trinajstić information content (AvgIpc) is 3.59. The molecule has 6 aromatic carbocycles. The molecule has 0 saturated carbocycles. The molecule has 0 bridgehead atoms. The number of benzene rings is 6. The molecular formula is C48H42N2O8S. The van der Waals surface area contributed by atoms with E-state index in [-0.39, 0.29) is 6.61 Å². The number of H-pyrrole nitrogens is 1. The molecule has 4 atom stereocenters. The first-order chi connectivity index (χ1) is 28.7. The van der Waals surface area contributed by atoms with Crippen molar-refractivity contribution in [2.45, 2.75) is 35.7 Å². The molecule has 2 heterocycles. The van der Waals surface area contributed by atoms with Crippen molar-refractivity contribution in [3.05, 3.63) is 248 Å². The maximum atomic E-state index is 13.7. The predicted octanol–water partition coefficient (Wildman–Crippen LogP) is 7.16. The predicted molar refractivity (Wildman–Crippen MR) is 224 cm³/mol. The lowest BCUT2D eigenvalue weighted by molar-refractivity contribution is -0.123. The fourth-order valence-corrected chi connectivity index (χ4v) is 8.68. The summed E-state index contributed by atoms with van der Waals surface area (Å²) in [6.45, 7) is -0.234. The van der Waals surface area contributed by atoms with Gasteiger partial charge in [-0.1, -0.05) is 182 Å². The van der Waals surface area contributed by atoms with Crippen LogP contribution < -0.4 is 11.2 Å². The summed E-state index contributed by atoms with van der Waals surface area (Å²) in [4.78, 5) is 28.4. The van der Waals surface area contributed by atoms with Gasteiger partial charge in [0.05, 0.1) is 12.9 Å². The van der Waals surface area contributed by atoms with Gasteiger partial charge in [-0.15, -0.1) is 0 Å². The molecule has 1 saturated heterocycles. The summed E-state index contributed by atoms with van der Waals surface area (Å²) in [6, 6.07) is 59.0. The van der Waals surface area contributed by atoms with Crippen molar-refractivity contribution in [1.82, 2.24) is 9.55 Å². The van der Waals surface area contributed by atoms with E-state index in [0.717, 1.165) is 39.6 Å². The zero-order valence-corrected chi connectivity index (χ0v) is 32.9. The van der Waals surface area contributed by atoms with Crippen LogP contribution in [0, 0.1) is 0 Å². The molecule has 298 valence electrons. The molecule has 1 aromatic heterocycles. The van der Waals surface area contributed by atoms with Gasteiger partial charge in [-0.3, -0.25) is 18.5 Å². The molecule has 0 radical (unpaired) electrons.